The second-order valence-corrected chi connectivity index (χ2v) is 5.67. The van der Waals surface area contributed by atoms with E-state index < -0.39 is 0 Å². The van der Waals surface area contributed by atoms with Crippen molar-refractivity contribution in [3.63, 3.8) is 0 Å². The summed E-state index contributed by atoms with van der Waals surface area (Å²) in [5, 5.41) is 4.20. The molecule has 3 rings (SSSR count). The molecule has 0 bridgehead atoms. The maximum Gasteiger partial charge on any atom is 0.167 e. The smallest absolute Gasteiger partial charge is 0.167 e. The Kier molecular flexibility index (Phi) is 4.34. The summed E-state index contributed by atoms with van der Waals surface area (Å²) in [5.41, 5.74) is 7.92. The Morgan fingerprint density at radius 3 is 2.86 bits per heavy atom. The molecule has 1 aromatic carbocycles. The van der Waals surface area contributed by atoms with Crippen molar-refractivity contribution < 1.29 is 4.52 Å². The number of nitrogens with zero attached hydrogens (tertiary/aromatic N) is 3. The molecule has 5 heteroatoms. The fraction of sp³-hybridized carbons (Fsp3) is 0.438. The average Bonchev–Trinajstić information content (AvgIpc) is 2.98. The first kappa shape index (κ1) is 14.3. The Bertz CT molecular complexity index is 569. The highest BCUT2D eigenvalue weighted by molar-refractivity contribution is 5.56. The van der Waals surface area contributed by atoms with Crippen molar-refractivity contribution in [1.82, 2.24) is 15.0 Å². The van der Waals surface area contributed by atoms with E-state index in [4.69, 9.17) is 10.3 Å². The summed E-state index contributed by atoms with van der Waals surface area (Å²) >= 11 is 0. The summed E-state index contributed by atoms with van der Waals surface area (Å²) in [7, 11) is 2.14. The quantitative estimate of drug-likeness (QED) is 0.921. The van der Waals surface area contributed by atoms with Crippen LogP contribution in [0.5, 0.6) is 0 Å². The maximum atomic E-state index is 5.89. The molecule has 0 saturated carbocycles. The number of hydrogen-bond acceptors (Lipinski definition) is 5. The van der Waals surface area contributed by atoms with E-state index in [1.807, 2.05) is 36.4 Å². The fourth-order valence-corrected chi connectivity index (χ4v) is 2.81. The second-order valence-electron chi connectivity index (χ2n) is 5.67. The summed E-state index contributed by atoms with van der Waals surface area (Å²) in [6.45, 7) is 4.57. The minimum atomic E-state index is 0.389. The standard InChI is InChI=1S/C16H22N4O/c1-19-7-8-20(15(10-17)12-19)11-14-9-16(21-18-14)13-5-3-2-4-6-13/h2-6,9,15H,7-8,10-12,17H2,1H3. The summed E-state index contributed by atoms with van der Waals surface area (Å²) < 4.78 is 5.46. The first-order valence-corrected chi connectivity index (χ1v) is 7.40. The Morgan fingerprint density at radius 1 is 1.29 bits per heavy atom. The molecule has 1 aliphatic heterocycles. The van der Waals surface area contributed by atoms with Crippen LogP contribution >= 0.6 is 0 Å². The normalized spacial score (nSPS) is 20.8. The van der Waals surface area contributed by atoms with Crippen molar-refractivity contribution in [3.8, 4) is 11.3 Å². The van der Waals surface area contributed by atoms with Crippen LogP contribution in [0, 0.1) is 0 Å². The van der Waals surface area contributed by atoms with Gasteiger partial charge in [0.1, 0.15) is 0 Å². The molecule has 21 heavy (non-hydrogen) atoms. The van der Waals surface area contributed by atoms with E-state index in [-0.39, 0.29) is 0 Å². The predicted octanol–water partition coefficient (Wildman–Crippen LogP) is 1.42. The number of piperazine rings is 1. The first-order chi connectivity index (χ1) is 10.3. The van der Waals surface area contributed by atoms with Gasteiger partial charge in [0.15, 0.2) is 5.76 Å². The first-order valence-electron chi connectivity index (χ1n) is 7.40. The molecule has 112 valence electrons. The number of likely N-dealkylation sites (N-methyl/N-ethyl adjacent to an activating group) is 1. The van der Waals surface area contributed by atoms with Crippen LogP contribution in [0.15, 0.2) is 40.9 Å². The predicted molar refractivity (Wildman–Crippen MR) is 82.7 cm³/mol. The molecule has 1 fully saturated rings. The van der Waals surface area contributed by atoms with Gasteiger partial charge in [-0.25, -0.2) is 0 Å². The molecular weight excluding hydrogens is 264 g/mol. The minimum Gasteiger partial charge on any atom is -0.356 e. The number of rotatable bonds is 4. The molecule has 2 aromatic rings. The van der Waals surface area contributed by atoms with Gasteiger partial charge in [0.25, 0.3) is 0 Å². The molecule has 5 nitrogen and oxygen atoms in total. The number of nitrogens with two attached hydrogens (primary N) is 1. The largest absolute Gasteiger partial charge is 0.356 e. The topological polar surface area (TPSA) is 58.5 Å². The molecule has 1 aromatic heterocycles. The third-order valence-corrected chi connectivity index (χ3v) is 4.06. The monoisotopic (exact) mass is 286 g/mol. The molecule has 0 radical (unpaired) electrons. The highest BCUT2D eigenvalue weighted by Crippen LogP contribution is 2.21. The number of benzene rings is 1. The third kappa shape index (κ3) is 3.32. The van der Waals surface area contributed by atoms with E-state index in [1.165, 1.54) is 0 Å². The van der Waals surface area contributed by atoms with Crippen molar-refractivity contribution in [2.24, 2.45) is 5.73 Å². The van der Waals surface area contributed by atoms with Crippen LogP contribution in [0.1, 0.15) is 5.69 Å². The van der Waals surface area contributed by atoms with Crippen LogP contribution in [-0.4, -0.2) is 54.2 Å². The van der Waals surface area contributed by atoms with Gasteiger partial charge in [0.2, 0.25) is 0 Å². The van der Waals surface area contributed by atoms with Crippen LogP contribution in [0.25, 0.3) is 11.3 Å². The van der Waals surface area contributed by atoms with Crippen LogP contribution in [0.3, 0.4) is 0 Å². The van der Waals surface area contributed by atoms with Gasteiger partial charge in [-0.15, -0.1) is 0 Å². The molecule has 0 spiro atoms. The lowest BCUT2D eigenvalue weighted by Gasteiger charge is -2.39. The fourth-order valence-electron chi connectivity index (χ4n) is 2.81. The van der Waals surface area contributed by atoms with E-state index in [2.05, 4.69) is 22.0 Å². The third-order valence-electron chi connectivity index (χ3n) is 4.06. The van der Waals surface area contributed by atoms with Gasteiger partial charge in [-0.2, -0.15) is 0 Å². The van der Waals surface area contributed by atoms with Gasteiger partial charge >= 0.3 is 0 Å². The Labute approximate surface area is 125 Å². The summed E-state index contributed by atoms with van der Waals surface area (Å²) in [6.07, 6.45) is 0. The van der Waals surface area contributed by atoms with Crippen LogP contribution in [-0.2, 0) is 6.54 Å². The number of hydrogen-bond donors (Lipinski definition) is 1. The van der Waals surface area contributed by atoms with Gasteiger partial charge < -0.3 is 15.2 Å². The van der Waals surface area contributed by atoms with E-state index in [0.29, 0.717) is 12.6 Å². The molecule has 1 atom stereocenters. The van der Waals surface area contributed by atoms with Crippen molar-refractivity contribution in [2.45, 2.75) is 12.6 Å². The molecule has 2 heterocycles. The maximum absolute atomic E-state index is 5.89. The molecule has 1 aliphatic rings. The second kappa shape index (κ2) is 6.39. The SMILES string of the molecule is CN1CCN(Cc2cc(-c3ccccc3)on2)C(CN)C1. The van der Waals surface area contributed by atoms with E-state index >= 15 is 0 Å². The van der Waals surface area contributed by atoms with E-state index in [0.717, 1.165) is 43.2 Å². The molecular formula is C16H22N4O. The van der Waals surface area contributed by atoms with Crippen LogP contribution < -0.4 is 5.73 Å². The summed E-state index contributed by atoms with van der Waals surface area (Å²) in [6, 6.07) is 12.5. The lowest BCUT2D eigenvalue weighted by Crippen LogP contribution is -2.54. The lowest BCUT2D eigenvalue weighted by molar-refractivity contribution is 0.0861. The average molecular weight is 286 g/mol. The molecule has 0 aliphatic carbocycles. The zero-order valence-electron chi connectivity index (χ0n) is 12.4. The molecule has 0 amide bonds. The van der Waals surface area contributed by atoms with Crippen molar-refractivity contribution in [3.05, 3.63) is 42.1 Å². The van der Waals surface area contributed by atoms with Crippen molar-refractivity contribution in [2.75, 3.05) is 33.2 Å². The van der Waals surface area contributed by atoms with Crippen molar-refractivity contribution >= 4 is 0 Å². The molecule has 1 unspecified atom stereocenters. The Morgan fingerprint density at radius 2 is 2.10 bits per heavy atom. The summed E-state index contributed by atoms with van der Waals surface area (Å²) in [5.74, 6) is 0.823. The highest BCUT2D eigenvalue weighted by Gasteiger charge is 2.24. The van der Waals surface area contributed by atoms with Gasteiger partial charge in [-0.1, -0.05) is 35.5 Å². The van der Waals surface area contributed by atoms with Gasteiger partial charge in [-0.05, 0) is 7.05 Å². The Hall–Kier alpha value is -1.69. The lowest BCUT2D eigenvalue weighted by atomic mass is 10.1. The Balaban J connectivity index is 1.69. The molecule has 2 N–H and O–H groups in total. The summed E-state index contributed by atoms with van der Waals surface area (Å²) in [4.78, 5) is 4.72. The van der Waals surface area contributed by atoms with Gasteiger partial charge in [-0.3, -0.25) is 4.90 Å². The van der Waals surface area contributed by atoms with Crippen LogP contribution in [0.4, 0.5) is 0 Å². The zero-order chi connectivity index (χ0) is 14.7. The highest BCUT2D eigenvalue weighted by atomic mass is 16.5. The van der Waals surface area contributed by atoms with Gasteiger partial charge in [0, 0.05) is 50.4 Å². The minimum absolute atomic E-state index is 0.389. The molecule has 1 saturated heterocycles. The van der Waals surface area contributed by atoms with Crippen molar-refractivity contribution in [1.29, 1.82) is 0 Å². The zero-order valence-corrected chi connectivity index (χ0v) is 12.4. The van der Waals surface area contributed by atoms with Gasteiger partial charge in [0.05, 0.1) is 5.69 Å². The number of aromatic nitrogens is 1. The van der Waals surface area contributed by atoms with Crippen LogP contribution in [0.2, 0.25) is 0 Å². The van der Waals surface area contributed by atoms with E-state index in [1.54, 1.807) is 0 Å². The van der Waals surface area contributed by atoms with E-state index in [9.17, 15) is 0 Å².